The van der Waals surface area contributed by atoms with Crippen molar-refractivity contribution in [2.75, 3.05) is 4.90 Å². The van der Waals surface area contributed by atoms with Crippen LogP contribution in [-0.2, 0) is 6.42 Å². The number of para-hydroxylation sites is 1. The van der Waals surface area contributed by atoms with Crippen molar-refractivity contribution in [2.45, 2.75) is 12.8 Å². The van der Waals surface area contributed by atoms with Crippen LogP contribution in [0.3, 0.4) is 0 Å². The molecule has 0 unspecified atom stereocenters. The minimum Gasteiger partial charge on any atom is -0.310 e. The van der Waals surface area contributed by atoms with E-state index in [-0.39, 0.29) is 0 Å². The van der Waals surface area contributed by atoms with E-state index in [1.165, 1.54) is 93.9 Å². The lowest BCUT2D eigenvalue weighted by Gasteiger charge is -2.28. The summed E-state index contributed by atoms with van der Waals surface area (Å²) >= 11 is 0. The summed E-state index contributed by atoms with van der Waals surface area (Å²) in [5.41, 5.74) is 18.0. The van der Waals surface area contributed by atoms with Crippen LogP contribution in [0.2, 0.25) is 0 Å². The van der Waals surface area contributed by atoms with Crippen LogP contribution in [0.1, 0.15) is 17.7 Å². The Hall–Kier alpha value is -8.20. The third-order valence-electron chi connectivity index (χ3n) is 13.0. The van der Waals surface area contributed by atoms with Gasteiger partial charge in [-0.3, -0.25) is 0 Å². The lowest BCUT2D eigenvalue weighted by atomic mass is 9.93. The van der Waals surface area contributed by atoms with Gasteiger partial charge < -0.3 is 9.47 Å². The van der Waals surface area contributed by atoms with Gasteiger partial charge in [-0.1, -0.05) is 170 Å². The van der Waals surface area contributed by atoms with Crippen LogP contribution < -0.4 is 4.90 Å². The van der Waals surface area contributed by atoms with Crippen LogP contribution in [0.15, 0.2) is 237 Å². The standard InChI is InChI=1S/C62H44N2/c1-4-18-43(19-5-1)48-38-49(44-20-6-2-7-21-44)41-53(40-48)63(51-36-34-45(35-37-51)59-42-47-22-10-11-27-54(47)56-28-12-13-29-57(56)59)52-26-16-23-46(39-52)55-31-17-33-61-62(55)58-30-14-15-32-60(58)64(61)50-24-8-3-9-25-50/h1-13,15-29,31-42H,14,30H2. The van der Waals surface area contributed by atoms with Gasteiger partial charge in [0.1, 0.15) is 0 Å². The Morgan fingerprint density at radius 3 is 1.72 bits per heavy atom. The molecule has 0 bridgehead atoms. The smallest absolute Gasteiger partial charge is 0.0543 e. The van der Waals surface area contributed by atoms with Gasteiger partial charge in [-0.15, -0.1) is 0 Å². The number of benzene rings is 10. The number of rotatable bonds is 8. The number of anilines is 3. The third-order valence-corrected chi connectivity index (χ3v) is 13.0. The van der Waals surface area contributed by atoms with Gasteiger partial charge in [-0.2, -0.15) is 0 Å². The summed E-state index contributed by atoms with van der Waals surface area (Å²) in [7, 11) is 0. The van der Waals surface area contributed by atoms with Crippen molar-refractivity contribution in [1.82, 2.24) is 4.57 Å². The maximum atomic E-state index is 2.44. The SMILES string of the molecule is C1=Cc2c(c3c(-c4cccc(N(c5ccc(-c6cc7ccccc7c7ccccc67)cc5)c5cc(-c6ccccc6)cc(-c6ccccc6)c5)c4)cccc3n2-c2ccccc2)CC1. The molecule has 1 aliphatic carbocycles. The van der Waals surface area contributed by atoms with E-state index in [2.05, 4.69) is 252 Å². The zero-order chi connectivity index (χ0) is 42.4. The molecule has 11 aromatic rings. The molecular weight excluding hydrogens is 773 g/mol. The second kappa shape index (κ2) is 15.9. The second-order valence-electron chi connectivity index (χ2n) is 16.8. The van der Waals surface area contributed by atoms with Crippen molar-refractivity contribution in [3.05, 3.63) is 248 Å². The third kappa shape index (κ3) is 6.60. The Labute approximate surface area is 374 Å². The molecule has 0 saturated heterocycles. The van der Waals surface area contributed by atoms with E-state index in [0.717, 1.165) is 29.9 Å². The highest BCUT2D eigenvalue weighted by Crippen LogP contribution is 2.45. The molecule has 0 aliphatic heterocycles. The Bertz CT molecular complexity index is 3470. The van der Waals surface area contributed by atoms with Gasteiger partial charge >= 0.3 is 0 Å². The maximum Gasteiger partial charge on any atom is 0.0543 e. The fraction of sp³-hybridized carbons (Fsp3) is 0.0323. The molecule has 0 radical (unpaired) electrons. The summed E-state index contributed by atoms with van der Waals surface area (Å²) < 4.78 is 2.44. The molecule has 0 N–H and O–H groups in total. The van der Waals surface area contributed by atoms with Crippen LogP contribution in [0.25, 0.3) is 88.7 Å². The van der Waals surface area contributed by atoms with E-state index in [0.29, 0.717) is 0 Å². The zero-order valence-corrected chi connectivity index (χ0v) is 35.4. The van der Waals surface area contributed by atoms with Crippen LogP contribution >= 0.6 is 0 Å². The first-order valence-corrected chi connectivity index (χ1v) is 22.3. The van der Waals surface area contributed by atoms with Crippen LogP contribution in [0.5, 0.6) is 0 Å². The summed E-state index contributed by atoms with van der Waals surface area (Å²) in [6.45, 7) is 0. The summed E-state index contributed by atoms with van der Waals surface area (Å²) in [4.78, 5) is 2.44. The van der Waals surface area contributed by atoms with Gasteiger partial charge in [0.15, 0.2) is 0 Å². The monoisotopic (exact) mass is 816 g/mol. The first-order chi connectivity index (χ1) is 31.7. The van der Waals surface area contributed by atoms with E-state index in [1.54, 1.807) is 0 Å². The highest BCUT2D eigenvalue weighted by atomic mass is 15.1. The minimum absolute atomic E-state index is 1.01. The van der Waals surface area contributed by atoms with E-state index in [1.807, 2.05) is 0 Å². The van der Waals surface area contributed by atoms with Crippen LogP contribution in [0.4, 0.5) is 17.1 Å². The lowest BCUT2D eigenvalue weighted by molar-refractivity contribution is 0.968. The van der Waals surface area contributed by atoms with Crippen molar-refractivity contribution in [1.29, 1.82) is 0 Å². The number of aromatic nitrogens is 1. The molecule has 2 nitrogen and oxygen atoms in total. The van der Waals surface area contributed by atoms with Crippen molar-refractivity contribution in [3.8, 4) is 50.2 Å². The van der Waals surface area contributed by atoms with Crippen molar-refractivity contribution >= 4 is 55.6 Å². The highest BCUT2D eigenvalue weighted by Gasteiger charge is 2.23. The number of hydrogen-bond donors (Lipinski definition) is 0. The zero-order valence-electron chi connectivity index (χ0n) is 35.4. The van der Waals surface area contributed by atoms with Crippen LogP contribution in [0, 0.1) is 0 Å². The molecule has 1 aliphatic rings. The summed E-state index contributed by atoms with van der Waals surface area (Å²) in [5, 5.41) is 6.39. The van der Waals surface area contributed by atoms with E-state index in [4.69, 9.17) is 0 Å². The van der Waals surface area contributed by atoms with E-state index in [9.17, 15) is 0 Å². The average molecular weight is 817 g/mol. The molecule has 0 amide bonds. The minimum atomic E-state index is 1.01. The molecule has 0 saturated carbocycles. The fourth-order valence-corrected chi connectivity index (χ4v) is 10.1. The van der Waals surface area contributed by atoms with Crippen molar-refractivity contribution in [3.63, 3.8) is 0 Å². The Balaban J connectivity index is 1.06. The van der Waals surface area contributed by atoms with Gasteiger partial charge in [0, 0.05) is 33.8 Å². The van der Waals surface area contributed by atoms with Gasteiger partial charge in [0.25, 0.3) is 0 Å². The molecular formula is C62H44N2. The number of aryl methyl sites for hydroxylation is 1. The number of hydrogen-bond acceptors (Lipinski definition) is 1. The van der Waals surface area contributed by atoms with Crippen molar-refractivity contribution in [2.24, 2.45) is 0 Å². The molecule has 64 heavy (non-hydrogen) atoms. The van der Waals surface area contributed by atoms with Gasteiger partial charge in [0.05, 0.1) is 5.52 Å². The molecule has 12 rings (SSSR count). The number of fused-ring (bicyclic) bond motifs is 6. The summed E-state index contributed by atoms with van der Waals surface area (Å²) in [6.07, 6.45) is 6.69. The van der Waals surface area contributed by atoms with Crippen molar-refractivity contribution < 1.29 is 0 Å². The molecule has 10 aromatic carbocycles. The van der Waals surface area contributed by atoms with Gasteiger partial charge in [-0.05, 0) is 157 Å². The van der Waals surface area contributed by atoms with E-state index < -0.39 is 0 Å². The predicted molar refractivity (Wildman–Crippen MR) is 272 cm³/mol. The summed E-state index contributed by atoms with van der Waals surface area (Å²) in [6, 6.07) is 84.4. The topological polar surface area (TPSA) is 8.17 Å². The number of nitrogens with zero attached hydrogens (tertiary/aromatic N) is 2. The highest BCUT2D eigenvalue weighted by molar-refractivity contribution is 6.14. The number of allylic oxidation sites excluding steroid dienone is 1. The predicted octanol–water partition coefficient (Wildman–Crippen LogP) is 17.0. The Morgan fingerprint density at radius 1 is 0.375 bits per heavy atom. The quantitative estimate of drug-likeness (QED) is 0.139. The lowest BCUT2D eigenvalue weighted by Crippen LogP contribution is -2.10. The second-order valence-corrected chi connectivity index (χ2v) is 16.8. The largest absolute Gasteiger partial charge is 0.310 e. The normalized spacial score (nSPS) is 12.2. The first-order valence-electron chi connectivity index (χ1n) is 22.3. The van der Waals surface area contributed by atoms with Crippen LogP contribution in [-0.4, -0.2) is 4.57 Å². The first kappa shape index (κ1) is 37.6. The molecule has 1 aromatic heterocycles. The maximum absolute atomic E-state index is 2.44. The molecule has 1 heterocycles. The van der Waals surface area contributed by atoms with Gasteiger partial charge in [-0.25, -0.2) is 0 Å². The fourth-order valence-electron chi connectivity index (χ4n) is 10.1. The summed E-state index contributed by atoms with van der Waals surface area (Å²) in [5.74, 6) is 0. The molecule has 2 heteroatoms. The Kier molecular flexibility index (Phi) is 9.34. The van der Waals surface area contributed by atoms with E-state index >= 15 is 0 Å². The van der Waals surface area contributed by atoms with Gasteiger partial charge in [0.2, 0.25) is 0 Å². The molecule has 0 fully saturated rings. The Morgan fingerprint density at radius 2 is 0.984 bits per heavy atom. The molecule has 302 valence electrons. The molecule has 0 spiro atoms. The average Bonchev–Trinajstić information content (AvgIpc) is 3.72. The molecule has 0 atom stereocenters.